The van der Waals surface area contributed by atoms with Gasteiger partial charge in [0, 0.05) is 19.3 Å². The molecule has 60 heavy (non-hydrogen) atoms. The second-order valence-electron chi connectivity index (χ2n) is 19.2. The van der Waals surface area contributed by atoms with Crippen molar-refractivity contribution in [2.75, 3.05) is 13.2 Å². The first kappa shape index (κ1) is 58.4. The lowest BCUT2D eigenvalue weighted by Crippen LogP contribution is -2.30. The van der Waals surface area contributed by atoms with Crippen LogP contribution in [-0.2, 0) is 28.6 Å². The van der Waals surface area contributed by atoms with E-state index in [4.69, 9.17) is 14.2 Å². The lowest BCUT2D eigenvalue weighted by molar-refractivity contribution is -0.167. The van der Waals surface area contributed by atoms with Crippen LogP contribution in [0.3, 0.4) is 0 Å². The fraction of sp³-hybridized carbons (Fsp3) is 0.944. The molecule has 0 saturated heterocycles. The lowest BCUT2D eigenvalue weighted by Gasteiger charge is -2.18. The molecule has 6 nitrogen and oxygen atoms in total. The van der Waals surface area contributed by atoms with E-state index < -0.39 is 6.10 Å². The Morgan fingerprint density at radius 1 is 0.350 bits per heavy atom. The first-order valence-corrected chi connectivity index (χ1v) is 26.8. The summed E-state index contributed by atoms with van der Waals surface area (Å²) in [6, 6.07) is 0. The first-order valence-electron chi connectivity index (χ1n) is 26.8. The van der Waals surface area contributed by atoms with Crippen molar-refractivity contribution in [1.29, 1.82) is 0 Å². The molecular weight excluding hydrogens is 745 g/mol. The monoisotopic (exact) mass is 849 g/mol. The minimum atomic E-state index is -0.762. The zero-order valence-electron chi connectivity index (χ0n) is 41.1. The van der Waals surface area contributed by atoms with E-state index in [1.165, 1.54) is 186 Å². The van der Waals surface area contributed by atoms with Gasteiger partial charge in [-0.15, -0.1) is 0 Å². The van der Waals surface area contributed by atoms with Crippen LogP contribution in [0.2, 0.25) is 0 Å². The maximum absolute atomic E-state index is 12.8. The summed E-state index contributed by atoms with van der Waals surface area (Å²) in [4.78, 5) is 38.0. The molecule has 0 amide bonds. The number of esters is 3. The van der Waals surface area contributed by atoms with Gasteiger partial charge in [0.15, 0.2) is 6.10 Å². The fourth-order valence-corrected chi connectivity index (χ4v) is 8.13. The van der Waals surface area contributed by atoms with Crippen LogP contribution >= 0.6 is 0 Å². The Labute approximate surface area is 374 Å². The van der Waals surface area contributed by atoms with Gasteiger partial charge in [0.1, 0.15) is 13.2 Å². The van der Waals surface area contributed by atoms with Gasteiger partial charge in [-0.2, -0.15) is 0 Å². The summed E-state index contributed by atoms with van der Waals surface area (Å²) in [6.45, 7) is 11.4. The Kier molecular flexibility index (Phi) is 45.7. The highest BCUT2D eigenvalue weighted by Gasteiger charge is 2.19. The maximum atomic E-state index is 12.8. The molecule has 0 saturated carbocycles. The van der Waals surface area contributed by atoms with Crippen LogP contribution in [0.5, 0.6) is 0 Å². The van der Waals surface area contributed by atoms with Crippen molar-refractivity contribution < 1.29 is 28.6 Å². The molecule has 0 radical (unpaired) electrons. The Hall–Kier alpha value is -1.59. The molecule has 356 valence electrons. The second kappa shape index (κ2) is 46.9. The topological polar surface area (TPSA) is 78.9 Å². The Balaban J connectivity index is 4.31. The average Bonchev–Trinajstić information content (AvgIpc) is 3.23. The molecular formula is C54H104O6. The third kappa shape index (κ3) is 45.9. The van der Waals surface area contributed by atoms with Gasteiger partial charge < -0.3 is 14.2 Å². The van der Waals surface area contributed by atoms with Gasteiger partial charge in [-0.3, -0.25) is 14.4 Å². The lowest BCUT2D eigenvalue weighted by atomic mass is 9.99. The standard InChI is InChI=1S/C54H104O6/c1-6-8-9-10-11-12-13-18-24-29-34-39-44-52(55)58-47-51(60-54(57)46-41-36-31-26-21-20-23-28-33-38-43-50(5)7-2)48-59-53(56)45-40-35-30-25-19-16-14-15-17-22-27-32-37-42-49(3)4/h49-51H,6-48H2,1-5H3/t50?,51-/m1/s1. The third-order valence-electron chi connectivity index (χ3n) is 12.6. The van der Waals surface area contributed by atoms with E-state index >= 15 is 0 Å². The molecule has 0 aliphatic heterocycles. The van der Waals surface area contributed by atoms with Crippen LogP contribution in [-0.4, -0.2) is 37.2 Å². The van der Waals surface area contributed by atoms with E-state index in [-0.39, 0.29) is 31.1 Å². The van der Waals surface area contributed by atoms with E-state index in [9.17, 15) is 14.4 Å². The van der Waals surface area contributed by atoms with Gasteiger partial charge in [0.25, 0.3) is 0 Å². The number of carbonyl (C=O) groups excluding carboxylic acids is 3. The molecule has 0 heterocycles. The highest BCUT2D eigenvalue weighted by atomic mass is 16.6. The molecule has 0 bridgehead atoms. The van der Waals surface area contributed by atoms with Crippen molar-refractivity contribution in [3.05, 3.63) is 0 Å². The van der Waals surface area contributed by atoms with Crippen molar-refractivity contribution >= 4 is 17.9 Å². The van der Waals surface area contributed by atoms with Crippen LogP contribution in [0.15, 0.2) is 0 Å². The number of hydrogen-bond acceptors (Lipinski definition) is 6. The highest BCUT2D eigenvalue weighted by Crippen LogP contribution is 2.18. The summed E-state index contributed by atoms with van der Waals surface area (Å²) in [7, 11) is 0. The molecule has 0 aromatic rings. The van der Waals surface area contributed by atoms with Crippen molar-refractivity contribution in [2.24, 2.45) is 11.8 Å². The van der Waals surface area contributed by atoms with E-state index in [0.29, 0.717) is 19.3 Å². The summed E-state index contributed by atoms with van der Waals surface area (Å²) < 4.78 is 16.8. The fourth-order valence-electron chi connectivity index (χ4n) is 8.13. The molecule has 6 heteroatoms. The predicted molar refractivity (Wildman–Crippen MR) is 256 cm³/mol. The Bertz CT molecular complexity index is 918. The van der Waals surface area contributed by atoms with Crippen LogP contribution < -0.4 is 0 Å². The molecule has 0 N–H and O–H groups in total. The zero-order chi connectivity index (χ0) is 44.0. The minimum absolute atomic E-state index is 0.0635. The summed E-state index contributed by atoms with van der Waals surface area (Å²) in [6.07, 6.45) is 47.9. The Morgan fingerprint density at radius 2 is 0.633 bits per heavy atom. The van der Waals surface area contributed by atoms with Crippen LogP contribution in [0, 0.1) is 11.8 Å². The predicted octanol–water partition coefficient (Wildman–Crippen LogP) is 17.3. The normalized spacial score (nSPS) is 12.5. The summed E-state index contributed by atoms with van der Waals surface area (Å²) in [5.41, 5.74) is 0. The Morgan fingerprint density at radius 3 is 0.950 bits per heavy atom. The van der Waals surface area contributed by atoms with Crippen LogP contribution in [0.1, 0.15) is 298 Å². The van der Waals surface area contributed by atoms with Crippen molar-refractivity contribution in [1.82, 2.24) is 0 Å². The van der Waals surface area contributed by atoms with E-state index in [1.54, 1.807) is 0 Å². The minimum Gasteiger partial charge on any atom is -0.462 e. The molecule has 0 fully saturated rings. The molecule has 0 aromatic heterocycles. The number of hydrogen-bond donors (Lipinski definition) is 0. The third-order valence-corrected chi connectivity index (χ3v) is 12.6. The summed E-state index contributed by atoms with van der Waals surface area (Å²) in [5, 5.41) is 0. The van der Waals surface area contributed by atoms with Crippen molar-refractivity contribution in [2.45, 2.75) is 304 Å². The quantitative estimate of drug-likeness (QED) is 0.0345. The van der Waals surface area contributed by atoms with Crippen LogP contribution in [0.4, 0.5) is 0 Å². The second-order valence-corrected chi connectivity index (χ2v) is 19.2. The summed E-state index contributed by atoms with van der Waals surface area (Å²) in [5.74, 6) is 0.861. The smallest absolute Gasteiger partial charge is 0.306 e. The van der Waals surface area contributed by atoms with Gasteiger partial charge in [-0.25, -0.2) is 0 Å². The molecule has 1 unspecified atom stereocenters. The average molecular weight is 849 g/mol. The number of ether oxygens (including phenoxy) is 3. The molecule has 0 aromatic carbocycles. The molecule has 0 spiro atoms. The van der Waals surface area contributed by atoms with Gasteiger partial charge in [-0.1, -0.05) is 259 Å². The summed E-state index contributed by atoms with van der Waals surface area (Å²) >= 11 is 0. The van der Waals surface area contributed by atoms with E-state index in [2.05, 4.69) is 34.6 Å². The number of carbonyl (C=O) groups is 3. The first-order chi connectivity index (χ1) is 29.3. The number of unbranched alkanes of at least 4 members (excludes halogenated alkanes) is 32. The van der Waals surface area contributed by atoms with Gasteiger partial charge in [0.2, 0.25) is 0 Å². The SMILES string of the molecule is CCCCCCCCCCCCCCC(=O)OC[C@H](COC(=O)CCCCCCCCCCCCCCCC(C)C)OC(=O)CCCCCCCCCCCCC(C)CC. The van der Waals surface area contributed by atoms with E-state index in [0.717, 1.165) is 69.6 Å². The van der Waals surface area contributed by atoms with Crippen LogP contribution in [0.25, 0.3) is 0 Å². The highest BCUT2D eigenvalue weighted by molar-refractivity contribution is 5.71. The van der Waals surface area contributed by atoms with Gasteiger partial charge in [-0.05, 0) is 31.1 Å². The largest absolute Gasteiger partial charge is 0.462 e. The van der Waals surface area contributed by atoms with Crippen molar-refractivity contribution in [3.8, 4) is 0 Å². The molecule has 0 aliphatic carbocycles. The molecule has 0 rings (SSSR count). The van der Waals surface area contributed by atoms with E-state index in [1.807, 2.05) is 0 Å². The van der Waals surface area contributed by atoms with Gasteiger partial charge in [0.05, 0.1) is 0 Å². The number of rotatable bonds is 48. The molecule has 0 aliphatic rings. The van der Waals surface area contributed by atoms with Gasteiger partial charge >= 0.3 is 17.9 Å². The maximum Gasteiger partial charge on any atom is 0.306 e. The van der Waals surface area contributed by atoms with Crippen molar-refractivity contribution in [3.63, 3.8) is 0 Å². The zero-order valence-corrected chi connectivity index (χ0v) is 41.1. The molecule has 2 atom stereocenters.